The summed E-state index contributed by atoms with van der Waals surface area (Å²) >= 11 is 0. The zero-order valence-corrected chi connectivity index (χ0v) is 14.8. The molecule has 1 amide bonds. The lowest BCUT2D eigenvalue weighted by atomic mass is 9.68. The van der Waals surface area contributed by atoms with Gasteiger partial charge in [-0.15, -0.1) is 0 Å². The zero-order chi connectivity index (χ0) is 17.1. The van der Waals surface area contributed by atoms with Crippen LogP contribution < -0.4 is 4.90 Å². The minimum atomic E-state index is -0.146. The molecule has 3 heteroatoms. The normalized spacial score (nSPS) is 25.7. The van der Waals surface area contributed by atoms with Gasteiger partial charge in [0.25, 0.3) is 0 Å². The second-order valence-corrected chi connectivity index (χ2v) is 7.35. The van der Waals surface area contributed by atoms with Crippen LogP contribution in [0.2, 0.25) is 0 Å². The van der Waals surface area contributed by atoms with Gasteiger partial charge in [0.2, 0.25) is 5.91 Å². The molecule has 1 fully saturated rings. The van der Waals surface area contributed by atoms with Gasteiger partial charge in [0.05, 0.1) is 5.41 Å². The van der Waals surface area contributed by atoms with E-state index in [4.69, 9.17) is 0 Å². The van der Waals surface area contributed by atoms with Crippen LogP contribution in [0.15, 0.2) is 42.5 Å². The number of likely N-dealkylation sites (N-methyl/N-ethyl adjacent to an activating group) is 2. The van der Waals surface area contributed by atoms with Crippen LogP contribution in [0, 0.1) is 13.8 Å². The number of aryl methyl sites for hydroxylation is 2. The quantitative estimate of drug-likeness (QED) is 0.801. The first kappa shape index (κ1) is 15.3. The van der Waals surface area contributed by atoms with Gasteiger partial charge in [0, 0.05) is 26.2 Å². The molecule has 0 spiro atoms. The van der Waals surface area contributed by atoms with Crippen molar-refractivity contribution in [2.45, 2.75) is 38.3 Å². The second-order valence-electron chi connectivity index (χ2n) is 7.35. The maximum absolute atomic E-state index is 12.4. The van der Waals surface area contributed by atoms with Crippen molar-refractivity contribution < 1.29 is 4.79 Å². The summed E-state index contributed by atoms with van der Waals surface area (Å²) in [5.74, 6) is 0.235. The third-order valence-electron chi connectivity index (χ3n) is 5.88. The van der Waals surface area contributed by atoms with Crippen LogP contribution in [-0.2, 0) is 10.2 Å². The molecular formula is C21H24N2O. The first-order chi connectivity index (χ1) is 11.4. The number of likely N-dealkylation sites (tertiary alicyclic amines) is 1. The molecule has 2 heterocycles. The number of anilines is 1. The van der Waals surface area contributed by atoms with E-state index in [1.165, 1.54) is 27.9 Å². The number of amides is 1. The predicted octanol–water partition coefficient (Wildman–Crippen LogP) is 3.62. The Morgan fingerprint density at radius 2 is 1.62 bits per heavy atom. The van der Waals surface area contributed by atoms with Crippen LogP contribution in [0.25, 0.3) is 0 Å². The Hall–Kier alpha value is -2.29. The average molecular weight is 320 g/mol. The van der Waals surface area contributed by atoms with Gasteiger partial charge in [-0.2, -0.15) is 0 Å². The molecule has 0 saturated carbocycles. The first-order valence-electron chi connectivity index (χ1n) is 8.62. The van der Waals surface area contributed by atoms with Crippen molar-refractivity contribution in [3.63, 3.8) is 0 Å². The lowest BCUT2D eigenvalue weighted by Crippen LogP contribution is -2.59. The lowest BCUT2D eigenvalue weighted by Gasteiger charge is -2.47. The third kappa shape index (κ3) is 1.87. The van der Waals surface area contributed by atoms with Gasteiger partial charge in [-0.25, -0.2) is 0 Å². The summed E-state index contributed by atoms with van der Waals surface area (Å²) < 4.78 is 0. The smallest absolute Gasteiger partial charge is 0.224 e. The molecule has 2 aromatic rings. The van der Waals surface area contributed by atoms with Crippen molar-refractivity contribution in [1.82, 2.24) is 4.90 Å². The van der Waals surface area contributed by atoms with Crippen LogP contribution >= 0.6 is 0 Å². The van der Waals surface area contributed by atoms with E-state index in [0.29, 0.717) is 6.42 Å². The fraction of sp³-hybridized carbons (Fsp3) is 0.381. The molecule has 0 unspecified atom stereocenters. The molecule has 3 nitrogen and oxygen atoms in total. The molecule has 0 aliphatic carbocycles. The molecule has 0 N–H and O–H groups in total. The van der Waals surface area contributed by atoms with E-state index in [-0.39, 0.29) is 17.5 Å². The number of carbonyl (C=O) groups excluding carboxylic acids is 1. The van der Waals surface area contributed by atoms with Crippen molar-refractivity contribution in [2.75, 3.05) is 19.0 Å². The van der Waals surface area contributed by atoms with E-state index >= 15 is 0 Å². The number of rotatable bonds is 1. The number of hydrogen-bond acceptors (Lipinski definition) is 2. The Morgan fingerprint density at radius 1 is 0.958 bits per heavy atom. The van der Waals surface area contributed by atoms with Crippen LogP contribution in [0.4, 0.5) is 5.69 Å². The fourth-order valence-electron chi connectivity index (χ4n) is 4.69. The number of fused-ring (bicyclic) bond motifs is 3. The highest BCUT2D eigenvalue weighted by atomic mass is 16.2. The Balaban J connectivity index is 2.00. The van der Waals surface area contributed by atoms with Crippen molar-refractivity contribution in [3.8, 4) is 0 Å². The molecule has 1 saturated heterocycles. The SMILES string of the molecule is Cc1ccc([C@@]23CCC(=O)N(C)[C@@H]2N(C)c2ccc(C)cc23)cc1. The van der Waals surface area contributed by atoms with E-state index < -0.39 is 0 Å². The summed E-state index contributed by atoms with van der Waals surface area (Å²) in [5.41, 5.74) is 6.31. The molecule has 0 bridgehead atoms. The summed E-state index contributed by atoms with van der Waals surface area (Å²) in [6, 6.07) is 15.6. The third-order valence-corrected chi connectivity index (χ3v) is 5.88. The Morgan fingerprint density at radius 3 is 2.33 bits per heavy atom. The highest BCUT2D eigenvalue weighted by molar-refractivity contribution is 5.82. The van der Waals surface area contributed by atoms with Crippen LogP contribution in [0.5, 0.6) is 0 Å². The lowest BCUT2D eigenvalue weighted by molar-refractivity contribution is -0.136. The molecule has 2 atom stereocenters. The van der Waals surface area contributed by atoms with Crippen molar-refractivity contribution in [3.05, 3.63) is 64.7 Å². The maximum atomic E-state index is 12.4. The average Bonchev–Trinajstić information content (AvgIpc) is 2.82. The number of hydrogen-bond donors (Lipinski definition) is 0. The summed E-state index contributed by atoms with van der Waals surface area (Å²) in [4.78, 5) is 16.7. The fourth-order valence-corrected chi connectivity index (χ4v) is 4.69. The highest BCUT2D eigenvalue weighted by Gasteiger charge is 2.56. The molecule has 4 rings (SSSR count). The van der Waals surface area contributed by atoms with E-state index in [1.54, 1.807) is 0 Å². The minimum Gasteiger partial charge on any atom is -0.353 e. The maximum Gasteiger partial charge on any atom is 0.224 e. The topological polar surface area (TPSA) is 23.6 Å². The van der Waals surface area contributed by atoms with E-state index in [9.17, 15) is 4.79 Å². The van der Waals surface area contributed by atoms with Crippen LogP contribution in [0.1, 0.15) is 35.1 Å². The number of nitrogens with zero attached hydrogens (tertiary/aromatic N) is 2. The summed E-state index contributed by atoms with van der Waals surface area (Å²) in [5, 5.41) is 0. The van der Waals surface area contributed by atoms with Gasteiger partial charge in [-0.3, -0.25) is 4.79 Å². The van der Waals surface area contributed by atoms with Gasteiger partial charge in [-0.05, 0) is 37.5 Å². The number of carbonyl (C=O) groups is 1. The van der Waals surface area contributed by atoms with Gasteiger partial charge in [-0.1, -0.05) is 47.5 Å². The molecule has 0 aromatic heterocycles. The van der Waals surface area contributed by atoms with Gasteiger partial charge in [0.15, 0.2) is 0 Å². The first-order valence-corrected chi connectivity index (χ1v) is 8.62. The Labute approximate surface area is 143 Å². The van der Waals surface area contributed by atoms with Crippen LogP contribution in [0.3, 0.4) is 0 Å². The van der Waals surface area contributed by atoms with Crippen molar-refractivity contribution in [2.24, 2.45) is 0 Å². The van der Waals surface area contributed by atoms with Crippen molar-refractivity contribution in [1.29, 1.82) is 0 Å². The standard InChI is InChI=1S/C21H24N2O/c1-14-5-8-16(9-6-14)21-12-11-19(24)23(4)20(21)22(3)18-10-7-15(2)13-17(18)21/h5-10,13,20H,11-12H2,1-4H3/t20-,21+/m0/s1. The number of benzene rings is 2. The van der Waals surface area contributed by atoms with Gasteiger partial charge in [0.1, 0.15) is 6.17 Å². The Bertz CT molecular complexity index is 811. The zero-order valence-electron chi connectivity index (χ0n) is 14.8. The minimum absolute atomic E-state index is 0.0401. The van der Waals surface area contributed by atoms with Gasteiger partial charge >= 0.3 is 0 Å². The molecular weight excluding hydrogens is 296 g/mol. The van der Waals surface area contributed by atoms with E-state index in [1.807, 2.05) is 11.9 Å². The second kappa shape index (κ2) is 5.10. The summed E-state index contributed by atoms with van der Waals surface area (Å²) in [6.07, 6.45) is 1.51. The molecule has 0 radical (unpaired) electrons. The van der Waals surface area contributed by atoms with E-state index in [2.05, 4.69) is 68.3 Å². The van der Waals surface area contributed by atoms with E-state index in [0.717, 1.165) is 6.42 Å². The largest absolute Gasteiger partial charge is 0.353 e. The van der Waals surface area contributed by atoms with Crippen molar-refractivity contribution >= 4 is 11.6 Å². The summed E-state index contributed by atoms with van der Waals surface area (Å²) in [7, 11) is 4.06. The monoisotopic (exact) mass is 320 g/mol. The molecule has 24 heavy (non-hydrogen) atoms. The molecule has 2 aliphatic rings. The molecule has 124 valence electrons. The van der Waals surface area contributed by atoms with Gasteiger partial charge < -0.3 is 9.80 Å². The molecule has 2 aliphatic heterocycles. The highest BCUT2D eigenvalue weighted by Crippen LogP contribution is 2.54. The number of piperidine rings is 1. The Kier molecular flexibility index (Phi) is 3.24. The summed E-state index contributed by atoms with van der Waals surface area (Å²) in [6.45, 7) is 4.27. The van der Waals surface area contributed by atoms with Crippen LogP contribution in [-0.4, -0.2) is 31.1 Å². The predicted molar refractivity (Wildman–Crippen MR) is 97.3 cm³/mol. The molecule has 2 aromatic carbocycles.